The molecule has 0 spiro atoms. The summed E-state index contributed by atoms with van der Waals surface area (Å²) in [5, 5.41) is 56.9. The number of nitrogens with two attached hydrogens (primary N) is 1. The summed E-state index contributed by atoms with van der Waals surface area (Å²) < 4.78 is 14.8. The van der Waals surface area contributed by atoms with Crippen molar-refractivity contribution in [2.45, 2.75) is 213 Å². The summed E-state index contributed by atoms with van der Waals surface area (Å²) in [6.07, 6.45) is -6.92. The Morgan fingerprint density at radius 2 is 1.36 bits per heavy atom. The Bertz CT molecular complexity index is 3480. The van der Waals surface area contributed by atoms with Crippen LogP contribution in [0, 0.1) is 41.3 Å². The van der Waals surface area contributed by atoms with Crippen molar-refractivity contribution in [3.05, 3.63) is 65.5 Å². The van der Waals surface area contributed by atoms with Crippen LogP contribution in [0.15, 0.2) is 53.5 Å². The van der Waals surface area contributed by atoms with E-state index in [1.807, 2.05) is 0 Å². The molecule has 32 heteroatoms. The van der Waals surface area contributed by atoms with Crippen LogP contribution in [0.3, 0.4) is 0 Å². The predicted octanol–water partition coefficient (Wildman–Crippen LogP) is 1.23. The number of aliphatic imine (C=N–C) groups is 1. The molecule has 2 saturated heterocycles. The topological polar surface area (TPSA) is 457 Å². The van der Waals surface area contributed by atoms with Gasteiger partial charge in [-0.25, -0.2) is 4.39 Å². The molecule has 15 atom stereocenters. The number of nitrogens with zero attached hydrogens (tertiary/aromatic N) is 4. The average Bonchev–Trinajstić information content (AvgIpc) is 1.81. The number of likely N-dealkylation sites (N-methyl/N-ethyl adjacent to an activating group) is 2. The van der Waals surface area contributed by atoms with Gasteiger partial charge < -0.3 is 77.6 Å². The van der Waals surface area contributed by atoms with Gasteiger partial charge >= 0.3 is 5.97 Å². The highest BCUT2D eigenvalue weighted by atomic mass is 32.1. The first-order valence-corrected chi connectivity index (χ1v) is 36.1. The molecule has 0 bridgehead atoms. The number of phenols is 1. The SMILES string of the molecule is CC[C@H](C)[C@@H]1NC(=O)CNC(=O)[C@H](Cc2ccc(O)c(F)c2)NC(=O)[C@H]([C@@H](C)O)NC(=O)[C@H](C)NC(=O)[C@H](CCC(C)=O)CC(=O)[C@H]([C@@H](C)O)CC(=O)[C@H](C(C)C)CC(=O)[C@H](Cc2ccccc2)N(C)C(=O)[C@H](CS)N(C)C(=O)C[C@@H](C(=O)N2CCC[C@H]2C(=O)C[C@@H](CCCN=C(C)N)C(=O)O)NC1=O. The van der Waals surface area contributed by atoms with Crippen LogP contribution in [0.5, 0.6) is 5.75 Å². The van der Waals surface area contributed by atoms with Gasteiger partial charge in [-0.3, -0.25) is 72.1 Å². The number of amidine groups is 1. The third-order valence-corrected chi connectivity index (χ3v) is 19.7. The monoisotopic (exact) mass is 1490 g/mol. The molecule has 2 fully saturated rings. The van der Waals surface area contributed by atoms with E-state index in [0.29, 0.717) is 5.56 Å². The Hall–Kier alpha value is -9.04. The highest BCUT2D eigenvalue weighted by molar-refractivity contribution is 7.80. The predicted molar refractivity (Wildman–Crippen MR) is 386 cm³/mol. The summed E-state index contributed by atoms with van der Waals surface area (Å²) in [6.45, 7) is 12.0. The van der Waals surface area contributed by atoms with Gasteiger partial charge in [-0.05, 0) is 108 Å². The Morgan fingerprint density at radius 3 is 1.94 bits per heavy atom. The summed E-state index contributed by atoms with van der Waals surface area (Å²) in [6, 6.07) is -1.24. The number of phenolic OH excluding ortho intramolecular Hbond substituents is 1. The van der Waals surface area contributed by atoms with Gasteiger partial charge in [0.05, 0.1) is 54.9 Å². The Morgan fingerprint density at radius 1 is 0.724 bits per heavy atom. The number of thiol groups is 1. The molecule has 0 aromatic heterocycles. The minimum atomic E-state index is -1.91. The smallest absolute Gasteiger partial charge is 0.306 e. The largest absolute Gasteiger partial charge is 0.505 e. The number of aliphatic carboxylic acids is 1. The Balaban J connectivity index is 1.91. The molecule has 2 aliphatic rings. The molecule has 4 rings (SSSR count). The lowest BCUT2D eigenvalue weighted by molar-refractivity contribution is -0.149. The minimum absolute atomic E-state index is 0.00222. The number of Topliss-reactive ketones (excluding diaryl/α,β-unsaturated/α-hetero) is 5. The summed E-state index contributed by atoms with van der Waals surface area (Å²) in [5.74, 6) is -22.2. The quantitative estimate of drug-likeness (QED) is 0.0341. The second-order valence-electron chi connectivity index (χ2n) is 28.0. The fraction of sp³-hybridized carbons (Fsp3) is 0.616. The van der Waals surface area contributed by atoms with E-state index in [2.05, 4.69) is 49.5 Å². The lowest BCUT2D eigenvalue weighted by Gasteiger charge is -2.35. The van der Waals surface area contributed by atoms with Gasteiger partial charge in [-0.2, -0.15) is 12.6 Å². The maximum Gasteiger partial charge on any atom is 0.306 e. The average molecular weight is 1490 g/mol. The van der Waals surface area contributed by atoms with Gasteiger partial charge in [0.15, 0.2) is 23.1 Å². The van der Waals surface area contributed by atoms with E-state index in [-0.39, 0.29) is 81.6 Å². The second-order valence-corrected chi connectivity index (χ2v) is 28.4. The van der Waals surface area contributed by atoms with E-state index >= 15 is 14.4 Å². The van der Waals surface area contributed by atoms with E-state index in [0.717, 1.165) is 33.8 Å². The first-order chi connectivity index (χ1) is 49.3. The molecule has 12 N–H and O–H groups in total. The van der Waals surface area contributed by atoms with Gasteiger partial charge in [-0.1, -0.05) is 70.5 Å². The van der Waals surface area contributed by atoms with Crippen LogP contribution < -0.4 is 37.6 Å². The number of likely N-dealkylation sites (tertiary alicyclic amines) is 1. The highest BCUT2D eigenvalue weighted by Gasteiger charge is 2.44. The lowest BCUT2D eigenvalue weighted by atomic mass is 9.78. The van der Waals surface area contributed by atoms with E-state index in [9.17, 15) is 82.4 Å². The molecule has 2 aromatic carbocycles. The van der Waals surface area contributed by atoms with Crippen LogP contribution in [0.25, 0.3) is 0 Å². The van der Waals surface area contributed by atoms with Crippen molar-refractivity contribution in [2.24, 2.45) is 46.2 Å². The molecule has 30 nitrogen and oxygen atoms in total. The molecular weight excluding hydrogens is 1390 g/mol. The minimum Gasteiger partial charge on any atom is -0.505 e. The normalized spacial score (nSPS) is 25.6. The van der Waals surface area contributed by atoms with Crippen LogP contribution >= 0.6 is 12.6 Å². The number of aromatic hydroxyl groups is 1. The molecule has 105 heavy (non-hydrogen) atoms. The number of benzene rings is 2. The summed E-state index contributed by atoms with van der Waals surface area (Å²) >= 11 is 4.49. The van der Waals surface area contributed by atoms with Crippen LogP contribution in [0.4, 0.5) is 4.39 Å². The molecular formula is C73H106FN11O19S. The summed E-state index contributed by atoms with van der Waals surface area (Å²) in [7, 11) is 2.54. The van der Waals surface area contributed by atoms with Crippen molar-refractivity contribution in [1.29, 1.82) is 0 Å². The third kappa shape index (κ3) is 26.8. The number of carboxylic acids is 1. The molecule has 0 unspecified atom stereocenters. The van der Waals surface area contributed by atoms with E-state index in [1.165, 1.54) is 40.9 Å². The first-order valence-electron chi connectivity index (χ1n) is 35.5. The first kappa shape index (κ1) is 88.4. The molecule has 580 valence electrons. The highest BCUT2D eigenvalue weighted by Crippen LogP contribution is 2.30. The van der Waals surface area contributed by atoms with Crippen molar-refractivity contribution in [2.75, 3.05) is 39.5 Å². The molecule has 0 saturated carbocycles. The Kier molecular flexibility index (Phi) is 35.5. The number of aliphatic hydroxyl groups excluding tert-OH is 2. The van der Waals surface area contributed by atoms with Crippen LogP contribution in [0.1, 0.15) is 150 Å². The molecule has 2 aliphatic heterocycles. The number of hydrogen-bond donors (Lipinski definition) is 12. The van der Waals surface area contributed by atoms with Crippen molar-refractivity contribution in [3.8, 4) is 5.75 Å². The number of rotatable bonds is 22. The van der Waals surface area contributed by atoms with Gasteiger partial charge in [0, 0.05) is 83.3 Å². The standard InChI is InChI=1S/C73H106FN11O19S/c1-12-39(4)64-69(99)80-53(71(101)85-27-17-21-54(85)60(92)32-48(73(103)104)20-16-26-76-44(9)75)35-63(95)83(10)56(37-105)72(102)84(11)55(30-45-18-14-13-15-19-45)61(93)33-49(38(2)3)59(91)34-50(42(7)87)58(90)31-47(24-22-40(5)86)67(97)78-41(6)66(96)82-65(43(8)88)70(100)79-52(68(98)77-36-62(94)81-64)29-46-23-25-57(89)51(74)28-46/h13-15,18-19,23,25,28,38-39,41-43,47-50,52-56,64-65,87-89,105H,12,16-17,20-22,24,26-27,29-37H2,1-11H3,(H2,75,76)(H,77,98)(H,78,97)(H,79,100)(H,80,99)(H,81,94)(H,82,96)(H,103,104)/t39-,41-,42+,43+,47+,48+,49-,50-,52-,53-,54-,55-,56-,64-,65-/m0/s1. The van der Waals surface area contributed by atoms with Crippen LogP contribution in [-0.4, -0.2) is 229 Å². The fourth-order valence-electron chi connectivity index (χ4n) is 12.6. The van der Waals surface area contributed by atoms with Crippen molar-refractivity contribution < 1.29 is 96.7 Å². The van der Waals surface area contributed by atoms with Crippen LogP contribution in [-0.2, 0) is 84.8 Å². The molecule has 0 aliphatic carbocycles. The van der Waals surface area contributed by atoms with Gasteiger partial charge in [-0.15, -0.1) is 0 Å². The maximum atomic E-state index is 15.2. The number of nitrogens with one attached hydrogen (secondary N) is 6. The number of aliphatic hydroxyl groups is 2. The van der Waals surface area contributed by atoms with Crippen molar-refractivity contribution >= 4 is 107 Å². The van der Waals surface area contributed by atoms with E-state index in [4.69, 9.17) is 5.73 Å². The number of amides is 9. The summed E-state index contributed by atoms with van der Waals surface area (Å²) in [5.41, 5.74) is 6.23. The van der Waals surface area contributed by atoms with Crippen molar-refractivity contribution in [1.82, 2.24) is 46.6 Å². The maximum absolute atomic E-state index is 15.2. The van der Waals surface area contributed by atoms with E-state index < -0.39 is 241 Å². The number of carbonyl (C=O) groups is 15. The van der Waals surface area contributed by atoms with Gasteiger partial charge in [0.1, 0.15) is 53.6 Å². The summed E-state index contributed by atoms with van der Waals surface area (Å²) in [4.78, 5) is 221. The molecule has 2 heterocycles. The number of carboxylic acid groups (broad SMARTS) is 1. The fourth-order valence-corrected chi connectivity index (χ4v) is 13.0. The zero-order valence-corrected chi connectivity index (χ0v) is 62.6. The molecule has 0 radical (unpaired) electrons. The molecule has 9 amide bonds. The number of hydrogen-bond acceptors (Lipinski definition) is 20. The Labute approximate surface area is 616 Å². The number of ketones is 5. The van der Waals surface area contributed by atoms with Gasteiger partial charge in [0.25, 0.3) is 0 Å². The second kappa shape index (κ2) is 42.2. The third-order valence-electron chi connectivity index (χ3n) is 19.4. The zero-order valence-electron chi connectivity index (χ0n) is 61.7. The zero-order chi connectivity index (χ0) is 78.9. The van der Waals surface area contributed by atoms with Crippen molar-refractivity contribution in [3.63, 3.8) is 0 Å². The van der Waals surface area contributed by atoms with E-state index in [1.54, 1.807) is 65.0 Å². The molecule has 2 aromatic rings. The number of carbonyl (C=O) groups excluding carboxylic acids is 14. The van der Waals surface area contributed by atoms with Crippen LogP contribution in [0.2, 0.25) is 0 Å². The lowest BCUT2D eigenvalue weighted by Crippen LogP contribution is -2.60. The van der Waals surface area contributed by atoms with Gasteiger partial charge in [0.2, 0.25) is 53.2 Å². The number of halogens is 1.